The van der Waals surface area contributed by atoms with Crippen LogP contribution in [-0.4, -0.2) is 28.1 Å². The number of benzene rings is 2. The zero-order valence-corrected chi connectivity index (χ0v) is 16.1. The molecular weight excluding hydrogens is 318 g/mol. The minimum absolute atomic E-state index is 0.476. The first-order chi connectivity index (χ1) is 11.1. The summed E-state index contributed by atoms with van der Waals surface area (Å²) in [5.74, 6) is 0. The molecule has 1 nitrogen and oxygen atoms in total. The fourth-order valence-corrected chi connectivity index (χ4v) is 5.18. The van der Waals surface area contributed by atoms with Crippen LogP contribution in [-0.2, 0) is 0 Å². The van der Waals surface area contributed by atoms with Gasteiger partial charge in [0.05, 0.1) is 4.58 Å². The first-order valence-electron chi connectivity index (χ1n) is 8.25. The summed E-state index contributed by atoms with van der Waals surface area (Å²) in [6, 6.07) is 22.6. The number of nitrogens with zero attached hydrogens (tertiary/aromatic N) is 1. The molecule has 0 unspecified atom stereocenters. The van der Waals surface area contributed by atoms with Crippen molar-refractivity contribution in [1.82, 2.24) is 4.90 Å². The van der Waals surface area contributed by atoms with E-state index in [9.17, 15) is 0 Å². The fourth-order valence-electron chi connectivity index (χ4n) is 2.59. The predicted octanol–water partition coefficient (Wildman–Crippen LogP) is 6.02. The van der Waals surface area contributed by atoms with E-state index in [1.807, 2.05) is 23.5 Å². The summed E-state index contributed by atoms with van der Waals surface area (Å²) in [6.45, 7) is 10.2. The molecule has 0 aliphatic rings. The van der Waals surface area contributed by atoms with E-state index in [1.165, 1.54) is 9.79 Å². The molecule has 0 saturated heterocycles. The molecule has 0 amide bonds. The third-order valence-electron chi connectivity index (χ3n) is 3.71. The molecule has 0 aliphatic heterocycles. The van der Waals surface area contributed by atoms with E-state index in [0.29, 0.717) is 16.7 Å². The quantitative estimate of drug-likeness (QED) is 0.426. The van der Waals surface area contributed by atoms with Gasteiger partial charge in [-0.25, -0.2) is 0 Å². The standard InChI is InChI=1S/C20H27NS2/c1-16(2)21(17(3)4)15-20(22-18-11-7-5-8-12-18)23-19-13-9-6-10-14-19/h5-14,16-17,20H,15H2,1-4H3. The SMILES string of the molecule is CC(C)N(CC(Sc1ccccc1)Sc1ccccc1)C(C)C. The summed E-state index contributed by atoms with van der Waals surface area (Å²) in [6.07, 6.45) is 0. The molecule has 2 aromatic carbocycles. The van der Waals surface area contributed by atoms with Gasteiger partial charge in [-0.1, -0.05) is 36.4 Å². The molecule has 3 heteroatoms. The maximum atomic E-state index is 2.58. The van der Waals surface area contributed by atoms with Crippen LogP contribution in [0.15, 0.2) is 70.5 Å². The van der Waals surface area contributed by atoms with Crippen molar-refractivity contribution in [2.24, 2.45) is 0 Å². The van der Waals surface area contributed by atoms with Gasteiger partial charge in [0.15, 0.2) is 0 Å². The lowest BCUT2D eigenvalue weighted by molar-refractivity contribution is 0.184. The van der Waals surface area contributed by atoms with Crippen LogP contribution in [0, 0.1) is 0 Å². The second-order valence-corrected chi connectivity index (χ2v) is 9.03. The average molecular weight is 346 g/mol. The third kappa shape index (κ3) is 6.25. The van der Waals surface area contributed by atoms with Gasteiger partial charge < -0.3 is 0 Å². The van der Waals surface area contributed by atoms with Crippen molar-refractivity contribution >= 4 is 23.5 Å². The smallest absolute Gasteiger partial charge is 0.0723 e. The minimum atomic E-state index is 0.476. The Kier molecular flexibility index (Phi) is 7.54. The summed E-state index contributed by atoms with van der Waals surface area (Å²) in [5, 5.41) is 0. The van der Waals surface area contributed by atoms with E-state index in [-0.39, 0.29) is 0 Å². The van der Waals surface area contributed by atoms with Gasteiger partial charge >= 0.3 is 0 Å². The van der Waals surface area contributed by atoms with Crippen molar-refractivity contribution < 1.29 is 0 Å². The van der Waals surface area contributed by atoms with E-state index in [1.54, 1.807) is 0 Å². The highest BCUT2D eigenvalue weighted by Gasteiger charge is 2.21. The summed E-state index contributed by atoms with van der Waals surface area (Å²) in [5.41, 5.74) is 0. The molecule has 0 fully saturated rings. The average Bonchev–Trinajstić information content (AvgIpc) is 2.53. The van der Waals surface area contributed by atoms with Gasteiger partial charge in [-0.3, -0.25) is 4.90 Å². The molecule has 0 heterocycles. The first-order valence-corrected chi connectivity index (χ1v) is 10.0. The topological polar surface area (TPSA) is 3.24 Å². The molecule has 0 aliphatic carbocycles. The van der Waals surface area contributed by atoms with Crippen LogP contribution < -0.4 is 0 Å². The lowest BCUT2D eigenvalue weighted by Gasteiger charge is -2.33. The van der Waals surface area contributed by atoms with Crippen LogP contribution in [0.1, 0.15) is 27.7 Å². The van der Waals surface area contributed by atoms with E-state index in [4.69, 9.17) is 0 Å². The largest absolute Gasteiger partial charge is 0.297 e. The minimum Gasteiger partial charge on any atom is -0.297 e. The monoisotopic (exact) mass is 345 g/mol. The van der Waals surface area contributed by atoms with Gasteiger partial charge in [-0.15, -0.1) is 23.5 Å². The van der Waals surface area contributed by atoms with Crippen molar-refractivity contribution in [2.45, 2.75) is 54.2 Å². The number of thioether (sulfide) groups is 2. The molecule has 124 valence electrons. The Hall–Kier alpha value is -0.900. The van der Waals surface area contributed by atoms with Crippen molar-refractivity contribution in [3.63, 3.8) is 0 Å². The predicted molar refractivity (Wildman–Crippen MR) is 105 cm³/mol. The van der Waals surface area contributed by atoms with Crippen molar-refractivity contribution in [3.8, 4) is 0 Å². The molecule has 0 aromatic heterocycles. The summed E-state index contributed by atoms with van der Waals surface area (Å²) < 4.78 is 0.476. The highest BCUT2D eigenvalue weighted by atomic mass is 32.2. The Bertz CT molecular complexity index is 505. The van der Waals surface area contributed by atoms with Crippen molar-refractivity contribution in [1.29, 1.82) is 0 Å². The van der Waals surface area contributed by atoms with E-state index in [0.717, 1.165) is 6.54 Å². The number of hydrogen-bond acceptors (Lipinski definition) is 3. The lowest BCUT2D eigenvalue weighted by Crippen LogP contribution is -2.40. The zero-order chi connectivity index (χ0) is 16.7. The van der Waals surface area contributed by atoms with Crippen LogP contribution >= 0.6 is 23.5 Å². The summed E-state index contributed by atoms with van der Waals surface area (Å²) in [4.78, 5) is 5.26. The van der Waals surface area contributed by atoms with Gasteiger partial charge in [-0.05, 0) is 52.0 Å². The second kappa shape index (κ2) is 9.41. The maximum Gasteiger partial charge on any atom is 0.0723 e. The maximum absolute atomic E-state index is 2.58. The lowest BCUT2D eigenvalue weighted by atomic mass is 10.2. The Morgan fingerprint density at radius 1 is 0.696 bits per heavy atom. The van der Waals surface area contributed by atoms with Gasteiger partial charge in [-0.2, -0.15) is 0 Å². The Morgan fingerprint density at radius 3 is 1.43 bits per heavy atom. The van der Waals surface area contributed by atoms with Gasteiger partial charge in [0.2, 0.25) is 0 Å². The molecule has 0 N–H and O–H groups in total. The van der Waals surface area contributed by atoms with Crippen LogP contribution in [0.3, 0.4) is 0 Å². The van der Waals surface area contributed by atoms with E-state index >= 15 is 0 Å². The third-order valence-corrected chi connectivity index (χ3v) is 6.20. The molecule has 0 radical (unpaired) electrons. The fraction of sp³-hybridized carbons (Fsp3) is 0.400. The molecule has 0 saturated carbocycles. The Morgan fingerprint density at radius 2 is 1.09 bits per heavy atom. The molecule has 0 spiro atoms. The first kappa shape index (κ1) is 18.4. The highest BCUT2D eigenvalue weighted by Crippen LogP contribution is 2.36. The van der Waals surface area contributed by atoms with Crippen LogP contribution in [0.4, 0.5) is 0 Å². The Balaban J connectivity index is 2.13. The second-order valence-electron chi connectivity index (χ2n) is 6.18. The summed E-state index contributed by atoms with van der Waals surface area (Å²) >= 11 is 3.94. The molecule has 2 rings (SSSR count). The van der Waals surface area contributed by atoms with E-state index < -0.39 is 0 Å². The summed E-state index contributed by atoms with van der Waals surface area (Å²) in [7, 11) is 0. The van der Waals surface area contributed by atoms with Crippen LogP contribution in [0.2, 0.25) is 0 Å². The highest BCUT2D eigenvalue weighted by molar-refractivity contribution is 8.17. The van der Waals surface area contributed by atoms with Gasteiger partial charge in [0.1, 0.15) is 0 Å². The molecule has 0 bridgehead atoms. The van der Waals surface area contributed by atoms with E-state index in [2.05, 4.69) is 93.3 Å². The number of hydrogen-bond donors (Lipinski definition) is 0. The molecular formula is C20H27NS2. The zero-order valence-electron chi connectivity index (χ0n) is 14.5. The van der Waals surface area contributed by atoms with Gasteiger partial charge in [0, 0.05) is 28.4 Å². The molecule has 0 atom stereocenters. The van der Waals surface area contributed by atoms with Crippen molar-refractivity contribution in [2.75, 3.05) is 6.54 Å². The molecule has 2 aromatic rings. The number of rotatable bonds is 8. The molecule has 23 heavy (non-hydrogen) atoms. The van der Waals surface area contributed by atoms with Crippen LogP contribution in [0.25, 0.3) is 0 Å². The Labute approximate surface area is 149 Å². The van der Waals surface area contributed by atoms with Crippen LogP contribution in [0.5, 0.6) is 0 Å². The van der Waals surface area contributed by atoms with Crippen molar-refractivity contribution in [3.05, 3.63) is 60.7 Å². The normalized spacial score (nSPS) is 11.8. The van der Waals surface area contributed by atoms with Gasteiger partial charge in [0.25, 0.3) is 0 Å².